The average Bonchev–Trinajstić information content (AvgIpc) is 3.20. The molecule has 0 saturated heterocycles. The lowest BCUT2D eigenvalue weighted by atomic mass is 10.0. The Balaban J connectivity index is 1.72. The number of amides is 1. The lowest BCUT2D eigenvalue weighted by molar-refractivity contribution is -0.157. The van der Waals surface area contributed by atoms with Crippen LogP contribution in [0, 0.1) is 0 Å². The molecule has 2 aromatic carbocycles. The van der Waals surface area contributed by atoms with E-state index >= 15 is 0 Å². The summed E-state index contributed by atoms with van der Waals surface area (Å²) in [6, 6.07) is 17.0. The maximum Gasteiger partial charge on any atom is 0.308 e. The summed E-state index contributed by atoms with van der Waals surface area (Å²) in [5.41, 5.74) is 2.11. The Bertz CT molecular complexity index is 1050. The molecular weight excluding hydrogens is 436 g/mol. The van der Waals surface area contributed by atoms with Gasteiger partial charge in [-0.25, -0.2) is 0 Å². The summed E-state index contributed by atoms with van der Waals surface area (Å²) in [5.74, 6) is -1.15. The summed E-state index contributed by atoms with van der Waals surface area (Å²) >= 11 is 0. The number of hydrogen-bond acceptors (Lipinski definition) is 7. The van der Waals surface area contributed by atoms with Crippen LogP contribution in [0.1, 0.15) is 39.7 Å². The minimum Gasteiger partial charge on any atom is -0.486 e. The Kier molecular flexibility index (Phi) is 7.73. The van der Waals surface area contributed by atoms with Crippen molar-refractivity contribution in [3.63, 3.8) is 0 Å². The number of hydrogen-bond donors (Lipinski definition) is 2. The number of ketones is 1. The standard InChI is InChI=1S/C26H30N2O6/c1-25(2,3)33-23(30)15-20(22(29)17-32-19-13-9-6-10-14-19)27-24(31)26(4)16-21(28-34-26)18-11-7-5-8-12-18/h5-14,16,20,28H,15,17H2,1-4H3,(H,27,31)/t20-,26?/m0/s1. The number of carbonyl (C=O) groups is 3. The maximum absolute atomic E-state index is 13.1. The van der Waals surface area contributed by atoms with Gasteiger partial charge in [-0.15, -0.1) is 0 Å². The third kappa shape index (κ3) is 6.92. The summed E-state index contributed by atoms with van der Waals surface area (Å²) in [7, 11) is 0. The highest BCUT2D eigenvalue weighted by Crippen LogP contribution is 2.26. The molecule has 180 valence electrons. The van der Waals surface area contributed by atoms with E-state index in [-0.39, 0.29) is 13.0 Å². The first-order chi connectivity index (χ1) is 16.1. The predicted molar refractivity (Wildman–Crippen MR) is 126 cm³/mol. The molecule has 0 bridgehead atoms. The van der Waals surface area contributed by atoms with Gasteiger partial charge in [0.25, 0.3) is 5.91 Å². The zero-order valence-corrected chi connectivity index (χ0v) is 19.8. The Morgan fingerprint density at radius 1 is 1.03 bits per heavy atom. The van der Waals surface area contributed by atoms with Gasteiger partial charge in [-0.05, 0) is 51.5 Å². The molecule has 2 N–H and O–H groups in total. The number of esters is 1. The predicted octanol–water partition coefficient (Wildman–Crippen LogP) is 3.19. The van der Waals surface area contributed by atoms with Crippen LogP contribution in [0.3, 0.4) is 0 Å². The highest BCUT2D eigenvalue weighted by molar-refractivity contribution is 5.97. The molecule has 1 heterocycles. The molecule has 1 unspecified atom stereocenters. The van der Waals surface area contributed by atoms with Crippen molar-refractivity contribution in [2.24, 2.45) is 0 Å². The number of nitrogens with one attached hydrogen (secondary N) is 2. The van der Waals surface area contributed by atoms with Crippen molar-refractivity contribution in [3.05, 3.63) is 72.3 Å². The quantitative estimate of drug-likeness (QED) is 0.547. The third-order valence-electron chi connectivity index (χ3n) is 4.94. The van der Waals surface area contributed by atoms with Gasteiger partial charge in [-0.1, -0.05) is 48.5 Å². The molecule has 2 atom stereocenters. The van der Waals surface area contributed by atoms with Gasteiger partial charge in [0, 0.05) is 0 Å². The van der Waals surface area contributed by atoms with Crippen molar-refractivity contribution in [1.82, 2.24) is 10.8 Å². The van der Waals surface area contributed by atoms with Gasteiger partial charge in [0.15, 0.2) is 11.4 Å². The Labute approximate surface area is 199 Å². The molecule has 0 fully saturated rings. The lowest BCUT2D eigenvalue weighted by Crippen LogP contribution is -2.52. The minimum atomic E-state index is -1.39. The first-order valence-electron chi connectivity index (χ1n) is 11.0. The molecule has 0 spiro atoms. The molecule has 2 aromatic rings. The van der Waals surface area contributed by atoms with Crippen molar-refractivity contribution in [1.29, 1.82) is 0 Å². The topological polar surface area (TPSA) is 103 Å². The van der Waals surface area contributed by atoms with Crippen molar-refractivity contribution >= 4 is 23.4 Å². The molecule has 1 amide bonds. The molecule has 3 rings (SSSR count). The van der Waals surface area contributed by atoms with Crippen LogP contribution >= 0.6 is 0 Å². The highest BCUT2D eigenvalue weighted by Gasteiger charge is 2.40. The summed E-state index contributed by atoms with van der Waals surface area (Å²) in [5, 5.41) is 2.65. The number of Topliss-reactive ketones (excluding diaryl/α,β-unsaturated/α-hetero) is 1. The van der Waals surface area contributed by atoms with Gasteiger partial charge in [0.1, 0.15) is 24.0 Å². The lowest BCUT2D eigenvalue weighted by Gasteiger charge is -2.25. The van der Waals surface area contributed by atoms with Crippen LogP contribution in [0.15, 0.2) is 66.7 Å². The second-order valence-electron chi connectivity index (χ2n) is 9.12. The van der Waals surface area contributed by atoms with Gasteiger partial charge < -0.3 is 14.8 Å². The minimum absolute atomic E-state index is 0.321. The van der Waals surface area contributed by atoms with Gasteiger partial charge in [0.2, 0.25) is 0 Å². The van der Waals surface area contributed by atoms with E-state index in [9.17, 15) is 14.4 Å². The Morgan fingerprint density at radius 2 is 1.65 bits per heavy atom. The number of para-hydroxylation sites is 1. The van der Waals surface area contributed by atoms with Crippen molar-refractivity contribution < 1.29 is 28.7 Å². The first-order valence-corrected chi connectivity index (χ1v) is 11.0. The summed E-state index contributed by atoms with van der Waals surface area (Å²) in [4.78, 5) is 44.1. The second-order valence-corrected chi connectivity index (χ2v) is 9.12. The summed E-state index contributed by atoms with van der Waals surface area (Å²) in [6.07, 6.45) is 1.30. The monoisotopic (exact) mass is 466 g/mol. The molecule has 0 aliphatic carbocycles. The fraction of sp³-hybridized carbons (Fsp3) is 0.346. The smallest absolute Gasteiger partial charge is 0.308 e. The number of carbonyl (C=O) groups excluding carboxylic acids is 3. The molecule has 1 aliphatic heterocycles. The molecule has 8 heteroatoms. The maximum atomic E-state index is 13.1. The van der Waals surface area contributed by atoms with E-state index in [4.69, 9.17) is 14.3 Å². The highest BCUT2D eigenvalue weighted by atomic mass is 16.7. The average molecular weight is 467 g/mol. The van der Waals surface area contributed by atoms with E-state index in [2.05, 4.69) is 10.8 Å². The molecule has 0 radical (unpaired) electrons. The van der Waals surface area contributed by atoms with E-state index in [0.29, 0.717) is 11.4 Å². The van der Waals surface area contributed by atoms with E-state index in [1.54, 1.807) is 58.0 Å². The van der Waals surface area contributed by atoms with E-state index < -0.39 is 34.9 Å². The van der Waals surface area contributed by atoms with Crippen LogP contribution in [-0.2, 0) is 24.0 Å². The number of benzene rings is 2. The van der Waals surface area contributed by atoms with E-state index in [1.165, 1.54) is 0 Å². The first kappa shape index (κ1) is 25.0. The zero-order valence-electron chi connectivity index (χ0n) is 19.8. The van der Waals surface area contributed by atoms with Gasteiger partial charge in [0.05, 0.1) is 12.1 Å². The second kappa shape index (κ2) is 10.5. The number of rotatable bonds is 9. The van der Waals surface area contributed by atoms with Crippen molar-refractivity contribution in [2.75, 3.05) is 6.61 Å². The normalized spacial score (nSPS) is 18.3. The van der Waals surface area contributed by atoms with Gasteiger partial charge in [-0.2, -0.15) is 0 Å². The SMILES string of the molecule is CC(C)(C)OC(=O)C[C@H](NC(=O)C1(C)C=C(c2ccccc2)NO1)C(=O)COc1ccccc1. The fourth-order valence-corrected chi connectivity index (χ4v) is 3.24. The zero-order chi connectivity index (χ0) is 24.8. The molecule has 0 saturated carbocycles. The Morgan fingerprint density at radius 3 is 2.26 bits per heavy atom. The summed E-state index contributed by atoms with van der Waals surface area (Å²) in [6.45, 7) is 6.44. The molecular formula is C26H30N2O6. The largest absolute Gasteiger partial charge is 0.486 e. The van der Waals surface area contributed by atoms with E-state index in [0.717, 1.165) is 5.56 Å². The van der Waals surface area contributed by atoms with Crippen LogP contribution < -0.4 is 15.5 Å². The number of ether oxygens (including phenoxy) is 2. The van der Waals surface area contributed by atoms with Crippen LogP contribution in [0.25, 0.3) is 5.70 Å². The molecule has 0 aromatic heterocycles. The third-order valence-corrected chi connectivity index (χ3v) is 4.94. The number of hydroxylamine groups is 1. The van der Waals surface area contributed by atoms with Crippen molar-refractivity contribution in [3.8, 4) is 5.75 Å². The van der Waals surface area contributed by atoms with Gasteiger partial charge >= 0.3 is 5.97 Å². The van der Waals surface area contributed by atoms with Crippen LogP contribution in [0.4, 0.5) is 0 Å². The van der Waals surface area contributed by atoms with Gasteiger partial charge in [-0.3, -0.25) is 24.7 Å². The van der Waals surface area contributed by atoms with Crippen LogP contribution in [0.2, 0.25) is 0 Å². The molecule has 1 aliphatic rings. The van der Waals surface area contributed by atoms with Crippen molar-refractivity contribution in [2.45, 2.75) is 51.4 Å². The fourth-order valence-electron chi connectivity index (χ4n) is 3.24. The van der Waals surface area contributed by atoms with Crippen LogP contribution in [-0.4, -0.2) is 41.5 Å². The Hall–Kier alpha value is -3.65. The molecule has 34 heavy (non-hydrogen) atoms. The van der Waals surface area contributed by atoms with Crippen LogP contribution in [0.5, 0.6) is 5.75 Å². The van der Waals surface area contributed by atoms with E-state index in [1.807, 2.05) is 36.4 Å². The summed E-state index contributed by atoms with van der Waals surface area (Å²) < 4.78 is 10.9. The molecule has 8 nitrogen and oxygen atoms in total.